The molecule has 0 amide bonds. The van der Waals surface area contributed by atoms with Gasteiger partial charge in [0.05, 0.1) is 20.8 Å². The first-order valence-corrected chi connectivity index (χ1v) is 15.1. The van der Waals surface area contributed by atoms with Crippen LogP contribution in [0.3, 0.4) is 0 Å². The highest BCUT2D eigenvalue weighted by Crippen LogP contribution is 2.37. The van der Waals surface area contributed by atoms with Crippen LogP contribution in [0, 0.1) is 17.8 Å². The van der Waals surface area contributed by atoms with E-state index in [1.54, 1.807) is 0 Å². The van der Waals surface area contributed by atoms with Crippen molar-refractivity contribution >= 4 is 30.6 Å². The zero-order valence-corrected chi connectivity index (χ0v) is 25.0. The predicted octanol–water partition coefficient (Wildman–Crippen LogP) is 5.69. The first kappa shape index (κ1) is 31.3. The Hall–Kier alpha value is -2.96. The molecule has 0 aromatic heterocycles. The maximum Gasteiger partial charge on any atom is 0.320 e. The number of carbonyl (C=O) groups is 2. The number of ether oxygens (including phenoxy) is 2. The molecule has 5 nitrogen and oxygen atoms in total. The van der Waals surface area contributed by atoms with Crippen molar-refractivity contribution in [3.8, 4) is 0 Å². The lowest BCUT2D eigenvalue weighted by Gasteiger charge is -2.43. The van der Waals surface area contributed by atoms with Crippen LogP contribution in [0.5, 0.6) is 0 Å². The van der Waals surface area contributed by atoms with Gasteiger partial charge < -0.3 is 13.9 Å². The van der Waals surface area contributed by atoms with Gasteiger partial charge in [-0.25, -0.2) is 0 Å². The van der Waals surface area contributed by atoms with E-state index in [2.05, 4.69) is 95.8 Å². The number of carbonyl (C=O) groups excluding carboxylic acids is 2. The van der Waals surface area contributed by atoms with Crippen LogP contribution < -0.4 is 10.4 Å². The number of esters is 2. The van der Waals surface area contributed by atoms with E-state index in [-0.39, 0.29) is 11.0 Å². The molecular weight excluding hydrogens is 492 g/mol. The van der Waals surface area contributed by atoms with Crippen LogP contribution in [0.4, 0.5) is 0 Å². The zero-order valence-electron chi connectivity index (χ0n) is 24.0. The van der Waals surface area contributed by atoms with Crippen molar-refractivity contribution in [1.82, 2.24) is 0 Å². The largest absolute Gasteiger partial charge is 0.468 e. The van der Waals surface area contributed by atoms with Crippen molar-refractivity contribution < 1.29 is 23.5 Å². The van der Waals surface area contributed by atoms with Crippen molar-refractivity contribution in [3.63, 3.8) is 0 Å². The molecule has 0 aliphatic carbocycles. The van der Waals surface area contributed by atoms with E-state index in [1.165, 1.54) is 24.6 Å². The van der Waals surface area contributed by atoms with Crippen LogP contribution in [-0.2, 0) is 23.5 Å². The monoisotopic (exact) mass is 536 g/mol. The van der Waals surface area contributed by atoms with Gasteiger partial charge >= 0.3 is 11.9 Å². The quantitative estimate of drug-likeness (QED) is 0.142. The highest BCUT2D eigenvalue weighted by Gasteiger charge is 2.50. The second kappa shape index (κ2) is 14.3. The number of benzene rings is 2. The fourth-order valence-electron chi connectivity index (χ4n) is 4.90. The fraction of sp³-hybridized carbons (Fsp3) is 0.438. The summed E-state index contributed by atoms with van der Waals surface area (Å²) < 4.78 is 16.6. The Morgan fingerprint density at radius 1 is 0.868 bits per heavy atom. The fourth-order valence-corrected chi connectivity index (χ4v) is 9.46. The van der Waals surface area contributed by atoms with E-state index in [4.69, 9.17) is 13.9 Å². The summed E-state index contributed by atoms with van der Waals surface area (Å²) in [5.41, 5.74) is 0.876. The summed E-state index contributed by atoms with van der Waals surface area (Å²) >= 11 is 0. The van der Waals surface area contributed by atoms with Gasteiger partial charge in [0, 0.05) is 0 Å². The number of rotatable bonds is 13. The van der Waals surface area contributed by atoms with Gasteiger partial charge in [0.15, 0.2) is 5.92 Å². The topological polar surface area (TPSA) is 61.8 Å². The molecule has 2 rings (SSSR count). The summed E-state index contributed by atoms with van der Waals surface area (Å²) in [5.74, 6) is -1.58. The number of hydrogen-bond acceptors (Lipinski definition) is 5. The molecule has 0 bridgehead atoms. The van der Waals surface area contributed by atoms with Crippen LogP contribution in [0.15, 0.2) is 85.0 Å². The van der Waals surface area contributed by atoms with Gasteiger partial charge in [-0.15, -0.1) is 0 Å². The molecule has 0 heterocycles. The number of methoxy groups -OCH3 is 2. The third kappa shape index (κ3) is 7.78. The van der Waals surface area contributed by atoms with Crippen LogP contribution in [-0.4, -0.2) is 41.1 Å². The van der Waals surface area contributed by atoms with E-state index in [9.17, 15) is 9.59 Å². The molecule has 6 heteroatoms. The third-order valence-electron chi connectivity index (χ3n) is 7.09. The Kier molecular flexibility index (Phi) is 11.7. The second-order valence-corrected chi connectivity index (χ2v) is 15.4. The Labute approximate surface area is 230 Å². The summed E-state index contributed by atoms with van der Waals surface area (Å²) in [6.07, 6.45) is 5.14. The maximum atomic E-state index is 12.1. The lowest BCUT2D eigenvalue weighted by molar-refractivity contribution is -0.159. The van der Waals surface area contributed by atoms with Crippen molar-refractivity contribution in [2.24, 2.45) is 17.8 Å². The zero-order chi connectivity index (χ0) is 28.3. The Morgan fingerprint density at radius 2 is 1.34 bits per heavy atom. The molecule has 2 aromatic rings. The summed E-state index contributed by atoms with van der Waals surface area (Å²) in [4.78, 5) is 24.2. The van der Waals surface area contributed by atoms with E-state index < -0.39 is 26.2 Å². The Balaban J connectivity index is 2.25. The smallest absolute Gasteiger partial charge is 0.320 e. The number of allylic oxidation sites excluding steroid dienone is 1. The van der Waals surface area contributed by atoms with Gasteiger partial charge in [-0.1, -0.05) is 114 Å². The molecule has 0 radical (unpaired) electrons. The molecule has 206 valence electrons. The standard InChI is InChI=1S/C32H44O5Si/c1-24(2)26(21-22-29(30(33)35-7)31(34)36-8)20-19-25(3)23-37-38(32(4,5)6,27-15-11-9-12-16-27)28-17-13-10-14-18-28/h9-20,24,26,29H,3,21-23H2,1-2,4-8H3/b20-19+/t26-/m0/s1. The van der Waals surface area contributed by atoms with Crippen molar-refractivity contribution in [1.29, 1.82) is 0 Å². The first-order chi connectivity index (χ1) is 18.0. The molecule has 0 aliphatic rings. The van der Waals surface area contributed by atoms with Crippen molar-refractivity contribution in [2.45, 2.75) is 52.5 Å². The molecule has 0 fully saturated rings. The van der Waals surface area contributed by atoms with Crippen LogP contribution in [0.25, 0.3) is 0 Å². The third-order valence-corrected chi connectivity index (χ3v) is 12.1. The minimum Gasteiger partial charge on any atom is -0.468 e. The highest BCUT2D eigenvalue weighted by atomic mass is 28.4. The van der Waals surface area contributed by atoms with E-state index in [1.807, 2.05) is 18.2 Å². The van der Waals surface area contributed by atoms with Crippen molar-refractivity contribution in [3.05, 3.63) is 85.0 Å². The SMILES string of the molecule is C=C(/C=C/[C@@H](CCC(C(=O)OC)C(=O)OC)C(C)C)CO[Si](c1ccccc1)(c1ccccc1)C(C)(C)C. The summed E-state index contributed by atoms with van der Waals surface area (Å²) in [6, 6.07) is 21.1. The van der Waals surface area contributed by atoms with Gasteiger partial charge in [-0.3, -0.25) is 9.59 Å². The average Bonchev–Trinajstić information content (AvgIpc) is 2.90. The highest BCUT2D eigenvalue weighted by molar-refractivity contribution is 6.99. The second-order valence-electron chi connectivity index (χ2n) is 11.1. The average molecular weight is 537 g/mol. The van der Waals surface area contributed by atoms with Gasteiger partial charge in [-0.2, -0.15) is 0 Å². The molecule has 38 heavy (non-hydrogen) atoms. The van der Waals surface area contributed by atoms with Crippen LogP contribution in [0.2, 0.25) is 5.04 Å². The molecule has 0 N–H and O–H groups in total. The van der Waals surface area contributed by atoms with E-state index in [0.29, 0.717) is 25.4 Å². The molecule has 0 saturated heterocycles. The van der Waals surface area contributed by atoms with Crippen molar-refractivity contribution in [2.75, 3.05) is 20.8 Å². The van der Waals surface area contributed by atoms with Gasteiger partial charge in [0.1, 0.15) is 0 Å². The Morgan fingerprint density at radius 3 is 1.74 bits per heavy atom. The molecule has 0 saturated carbocycles. The molecule has 0 unspecified atom stereocenters. The maximum absolute atomic E-state index is 12.1. The normalized spacial score (nSPS) is 13.1. The van der Waals surface area contributed by atoms with E-state index >= 15 is 0 Å². The Bertz CT molecular complexity index is 1010. The minimum atomic E-state index is -2.65. The summed E-state index contributed by atoms with van der Waals surface area (Å²) in [5, 5.41) is 2.34. The molecule has 0 spiro atoms. The molecular formula is C32H44O5Si. The first-order valence-electron chi connectivity index (χ1n) is 13.2. The predicted molar refractivity (Wildman–Crippen MR) is 157 cm³/mol. The molecule has 0 aliphatic heterocycles. The summed E-state index contributed by atoms with van der Waals surface area (Å²) in [6.45, 7) is 15.7. The lowest BCUT2D eigenvalue weighted by Crippen LogP contribution is -2.66. The lowest BCUT2D eigenvalue weighted by atomic mass is 9.87. The summed E-state index contributed by atoms with van der Waals surface area (Å²) in [7, 11) is -0.0802. The van der Waals surface area contributed by atoms with Crippen LogP contribution in [0.1, 0.15) is 47.5 Å². The number of hydrogen-bond donors (Lipinski definition) is 0. The minimum absolute atomic E-state index is 0.114. The van der Waals surface area contributed by atoms with Crippen LogP contribution >= 0.6 is 0 Å². The van der Waals surface area contributed by atoms with E-state index in [0.717, 1.165) is 5.57 Å². The van der Waals surface area contributed by atoms with Gasteiger partial charge in [-0.05, 0) is 45.7 Å². The van der Waals surface area contributed by atoms with Gasteiger partial charge in [0.25, 0.3) is 8.32 Å². The molecule has 2 aromatic carbocycles. The van der Waals surface area contributed by atoms with Gasteiger partial charge in [0.2, 0.25) is 0 Å². The molecule has 1 atom stereocenters.